The molecule has 3 nitrogen and oxygen atoms in total. The van der Waals surface area contributed by atoms with Crippen LogP contribution in [0.4, 0.5) is 13.2 Å². The third-order valence-corrected chi connectivity index (χ3v) is 2.53. The largest absolute Gasteiger partial charge is 0.416 e. The molecule has 0 atom stereocenters. The van der Waals surface area contributed by atoms with Gasteiger partial charge in [-0.15, -0.1) is 0 Å². The standard InChI is InChI=1S/C13H8F3N3/c14-13(15,16)10-3-1-9(2-4-10)7-11-12(8-17)19-6-5-18-11/h1-6H,7H2. The molecule has 0 bridgehead atoms. The molecule has 1 heterocycles. The monoisotopic (exact) mass is 263 g/mol. The number of aromatic nitrogens is 2. The number of hydrogen-bond donors (Lipinski definition) is 0. The van der Waals surface area contributed by atoms with Crippen LogP contribution in [0.15, 0.2) is 36.7 Å². The average molecular weight is 263 g/mol. The SMILES string of the molecule is N#Cc1nccnc1Cc1ccc(C(F)(F)F)cc1. The molecule has 0 fully saturated rings. The molecular formula is C13H8F3N3. The van der Waals surface area contributed by atoms with Crippen molar-refractivity contribution >= 4 is 0 Å². The lowest BCUT2D eigenvalue weighted by atomic mass is 10.1. The van der Waals surface area contributed by atoms with Crippen molar-refractivity contribution in [2.75, 3.05) is 0 Å². The summed E-state index contributed by atoms with van der Waals surface area (Å²) < 4.78 is 37.2. The summed E-state index contributed by atoms with van der Waals surface area (Å²) in [4.78, 5) is 7.86. The molecule has 0 saturated carbocycles. The smallest absolute Gasteiger partial charge is 0.256 e. The lowest BCUT2D eigenvalue weighted by molar-refractivity contribution is -0.137. The Labute approximate surface area is 107 Å². The van der Waals surface area contributed by atoms with Crippen molar-refractivity contribution in [3.05, 3.63) is 59.2 Å². The van der Waals surface area contributed by atoms with E-state index in [0.717, 1.165) is 12.1 Å². The van der Waals surface area contributed by atoms with Gasteiger partial charge < -0.3 is 0 Å². The summed E-state index contributed by atoms with van der Waals surface area (Å²) in [6.07, 6.45) is -1.23. The highest BCUT2D eigenvalue weighted by molar-refractivity contribution is 5.32. The summed E-state index contributed by atoms with van der Waals surface area (Å²) in [5.41, 5.74) is 0.577. The highest BCUT2D eigenvalue weighted by Gasteiger charge is 2.29. The fourth-order valence-corrected chi connectivity index (χ4v) is 1.59. The molecule has 0 aliphatic carbocycles. The van der Waals surface area contributed by atoms with Crippen LogP contribution in [-0.4, -0.2) is 9.97 Å². The van der Waals surface area contributed by atoms with E-state index in [1.807, 2.05) is 6.07 Å². The van der Waals surface area contributed by atoms with Crippen molar-refractivity contribution in [3.8, 4) is 6.07 Å². The molecule has 0 spiro atoms. The lowest BCUT2D eigenvalue weighted by Gasteiger charge is -2.07. The lowest BCUT2D eigenvalue weighted by Crippen LogP contribution is -2.05. The quantitative estimate of drug-likeness (QED) is 0.837. The van der Waals surface area contributed by atoms with E-state index in [1.165, 1.54) is 24.5 Å². The first-order valence-corrected chi connectivity index (χ1v) is 5.37. The van der Waals surface area contributed by atoms with E-state index in [4.69, 9.17) is 5.26 Å². The van der Waals surface area contributed by atoms with Gasteiger partial charge in [0.25, 0.3) is 0 Å². The highest BCUT2D eigenvalue weighted by atomic mass is 19.4. The molecule has 2 rings (SSSR count). The predicted octanol–water partition coefficient (Wildman–Crippen LogP) is 2.96. The first kappa shape index (κ1) is 13.0. The molecule has 96 valence electrons. The topological polar surface area (TPSA) is 49.6 Å². The molecule has 0 radical (unpaired) electrons. The molecule has 0 aliphatic rings. The van der Waals surface area contributed by atoms with Gasteiger partial charge in [-0.3, -0.25) is 4.98 Å². The van der Waals surface area contributed by atoms with E-state index in [1.54, 1.807) is 0 Å². The second kappa shape index (κ2) is 5.06. The van der Waals surface area contributed by atoms with Crippen LogP contribution in [0.1, 0.15) is 22.5 Å². The van der Waals surface area contributed by atoms with Crippen LogP contribution >= 0.6 is 0 Å². The van der Waals surface area contributed by atoms with Gasteiger partial charge in [-0.25, -0.2) is 4.98 Å². The van der Waals surface area contributed by atoms with Crippen LogP contribution in [0.5, 0.6) is 0 Å². The van der Waals surface area contributed by atoms with Crippen molar-refractivity contribution in [1.29, 1.82) is 5.26 Å². The highest BCUT2D eigenvalue weighted by Crippen LogP contribution is 2.29. The minimum Gasteiger partial charge on any atom is -0.256 e. The zero-order valence-corrected chi connectivity index (χ0v) is 9.65. The number of nitriles is 1. The Bertz CT molecular complexity index is 612. The van der Waals surface area contributed by atoms with Crippen LogP contribution in [0.2, 0.25) is 0 Å². The molecule has 0 unspecified atom stereocenters. The fourth-order valence-electron chi connectivity index (χ4n) is 1.59. The minimum absolute atomic E-state index is 0.183. The van der Waals surface area contributed by atoms with E-state index >= 15 is 0 Å². The van der Waals surface area contributed by atoms with E-state index < -0.39 is 11.7 Å². The van der Waals surface area contributed by atoms with Gasteiger partial charge in [-0.2, -0.15) is 18.4 Å². The van der Waals surface area contributed by atoms with Gasteiger partial charge in [0, 0.05) is 18.8 Å². The second-order valence-corrected chi connectivity index (χ2v) is 3.83. The van der Waals surface area contributed by atoms with Crippen LogP contribution in [0.3, 0.4) is 0 Å². The summed E-state index contributed by atoms with van der Waals surface area (Å²) in [7, 11) is 0. The van der Waals surface area contributed by atoms with Crippen molar-refractivity contribution < 1.29 is 13.2 Å². The van der Waals surface area contributed by atoms with Crippen molar-refractivity contribution in [3.63, 3.8) is 0 Å². The van der Waals surface area contributed by atoms with E-state index in [-0.39, 0.29) is 12.1 Å². The third-order valence-electron chi connectivity index (χ3n) is 2.53. The Kier molecular flexibility index (Phi) is 3.47. The predicted molar refractivity (Wildman–Crippen MR) is 61.0 cm³/mol. The molecule has 0 N–H and O–H groups in total. The molecule has 1 aromatic heterocycles. The minimum atomic E-state index is -4.34. The molecule has 0 aliphatic heterocycles. The van der Waals surface area contributed by atoms with Gasteiger partial charge in [0.2, 0.25) is 0 Å². The summed E-state index contributed by atoms with van der Waals surface area (Å²) in [6.45, 7) is 0. The Hall–Kier alpha value is -2.42. The number of alkyl halides is 3. The van der Waals surface area contributed by atoms with Gasteiger partial charge in [-0.05, 0) is 17.7 Å². The number of rotatable bonds is 2. The Morgan fingerprint density at radius 2 is 1.68 bits per heavy atom. The normalized spacial score (nSPS) is 11.1. The first-order valence-electron chi connectivity index (χ1n) is 5.37. The first-order chi connectivity index (χ1) is 9.00. The van der Waals surface area contributed by atoms with E-state index in [2.05, 4.69) is 9.97 Å². The van der Waals surface area contributed by atoms with Crippen LogP contribution < -0.4 is 0 Å². The van der Waals surface area contributed by atoms with E-state index in [0.29, 0.717) is 11.3 Å². The van der Waals surface area contributed by atoms with Gasteiger partial charge in [0.1, 0.15) is 6.07 Å². The van der Waals surface area contributed by atoms with Crippen LogP contribution in [-0.2, 0) is 12.6 Å². The van der Waals surface area contributed by atoms with Gasteiger partial charge in [-0.1, -0.05) is 12.1 Å². The van der Waals surface area contributed by atoms with Crippen LogP contribution in [0, 0.1) is 11.3 Å². The van der Waals surface area contributed by atoms with Gasteiger partial charge in [0.15, 0.2) is 5.69 Å². The van der Waals surface area contributed by atoms with Crippen molar-refractivity contribution in [1.82, 2.24) is 9.97 Å². The molecular weight excluding hydrogens is 255 g/mol. The summed E-state index contributed by atoms with van der Waals surface area (Å²) >= 11 is 0. The molecule has 1 aromatic carbocycles. The molecule has 19 heavy (non-hydrogen) atoms. The van der Waals surface area contributed by atoms with Gasteiger partial charge >= 0.3 is 6.18 Å². The number of hydrogen-bond acceptors (Lipinski definition) is 3. The Morgan fingerprint density at radius 1 is 1.05 bits per heavy atom. The maximum absolute atomic E-state index is 12.4. The Morgan fingerprint density at radius 3 is 2.26 bits per heavy atom. The van der Waals surface area contributed by atoms with Crippen LogP contribution in [0.25, 0.3) is 0 Å². The second-order valence-electron chi connectivity index (χ2n) is 3.83. The average Bonchev–Trinajstić information content (AvgIpc) is 2.39. The molecule has 2 aromatic rings. The third kappa shape index (κ3) is 3.07. The van der Waals surface area contributed by atoms with Gasteiger partial charge in [0.05, 0.1) is 11.3 Å². The van der Waals surface area contributed by atoms with E-state index in [9.17, 15) is 13.2 Å². The van der Waals surface area contributed by atoms with Crippen molar-refractivity contribution in [2.45, 2.75) is 12.6 Å². The maximum atomic E-state index is 12.4. The number of nitrogens with zero attached hydrogens (tertiary/aromatic N) is 3. The number of halogens is 3. The summed E-state index contributed by atoms with van der Waals surface area (Å²) in [5, 5.41) is 8.85. The molecule has 0 saturated heterocycles. The zero-order valence-electron chi connectivity index (χ0n) is 9.65. The summed E-state index contributed by atoms with van der Waals surface area (Å²) in [5.74, 6) is 0. The summed E-state index contributed by atoms with van der Waals surface area (Å²) in [6, 6.07) is 6.67. The number of benzene rings is 1. The fraction of sp³-hybridized carbons (Fsp3) is 0.154. The molecule has 0 amide bonds. The molecule has 6 heteroatoms. The maximum Gasteiger partial charge on any atom is 0.416 e. The van der Waals surface area contributed by atoms with Crippen molar-refractivity contribution in [2.24, 2.45) is 0 Å². The zero-order chi connectivity index (χ0) is 13.9. The Balaban J connectivity index is 2.23.